The summed E-state index contributed by atoms with van der Waals surface area (Å²) in [6.45, 7) is 7.66. The van der Waals surface area contributed by atoms with Gasteiger partial charge in [-0.2, -0.15) is 0 Å². The average Bonchev–Trinajstić information content (AvgIpc) is 2.27. The molecule has 0 saturated heterocycles. The Bertz CT molecular complexity index is 303. The zero-order valence-corrected chi connectivity index (χ0v) is 11.8. The molecule has 4 heteroatoms. The Labute approximate surface area is 109 Å². The van der Waals surface area contributed by atoms with Gasteiger partial charge in [-0.3, -0.25) is 9.59 Å². The molecule has 1 aliphatic carbocycles. The summed E-state index contributed by atoms with van der Waals surface area (Å²) in [5.74, 6) is -1.18. The zero-order valence-electron chi connectivity index (χ0n) is 11.8. The van der Waals surface area contributed by atoms with E-state index in [1.807, 2.05) is 20.8 Å². The summed E-state index contributed by atoms with van der Waals surface area (Å²) in [5, 5.41) is 0. The maximum atomic E-state index is 12.1. The van der Waals surface area contributed by atoms with E-state index in [0.717, 1.165) is 25.7 Å². The van der Waals surface area contributed by atoms with Crippen molar-refractivity contribution in [2.75, 3.05) is 6.61 Å². The van der Waals surface area contributed by atoms with Crippen LogP contribution >= 0.6 is 0 Å². The van der Waals surface area contributed by atoms with Crippen LogP contribution in [-0.2, 0) is 19.1 Å². The van der Waals surface area contributed by atoms with Crippen LogP contribution in [0.4, 0.5) is 0 Å². The summed E-state index contributed by atoms with van der Waals surface area (Å²) >= 11 is 0. The van der Waals surface area contributed by atoms with E-state index in [4.69, 9.17) is 9.47 Å². The lowest BCUT2D eigenvalue weighted by Gasteiger charge is -2.30. The van der Waals surface area contributed by atoms with Gasteiger partial charge in [0.25, 0.3) is 0 Å². The molecule has 18 heavy (non-hydrogen) atoms. The molecule has 0 heterocycles. The number of hydrogen-bond donors (Lipinski definition) is 0. The number of rotatable bonds is 3. The van der Waals surface area contributed by atoms with Gasteiger partial charge in [0, 0.05) is 0 Å². The van der Waals surface area contributed by atoms with E-state index in [0.29, 0.717) is 6.61 Å². The summed E-state index contributed by atoms with van der Waals surface area (Å²) in [4.78, 5) is 24.0. The van der Waals surface area contributed by atoms with Crippen LogP contribution in [0.2, 0.25) is 0 Å². The second kappa shape index (κ2) is 6.21. The Hall–Kier alpha value is -1.06. The molecule has 0 aliphatic heterocycles. The molecule has 1 aliphatic rings. The third-order valence-electron chi connectivity index (χ3n) is 3.06. The highest BCUT2D eigenvalue weighted by Gasteiger charge is 2.38. The first kappa shape index (κ1) is 15.0. The molecule has 0 aromatic rings. The molecular formula is C14H24O4. The van der Waals surface area contributed by atoms with Crippen LogP contribution in [-0.4, -0.2) is 24.1 Å². The summed E-state index contributed by atoms with van der Waals surface area (Å²) in [5.41, 5.74) is -0.506. The number of carbonyl (C=O) groups excluding carboxylic acids is 2. The van der Waals surface area contributed by atoms with Crippen molar-refractivity contribution in [3.8, 4) is 0 Å². The Morgan fingerprint density at radius 3 is 2.00 bits per heavy atom. The maximum absolute atomic E-state index is 12.1. The van der Waals surface area contributed by atoms with Gasteiger partial charge in [-0.1, -0.05) is 12.8 Å². The van der Waals surface area contributed by atoms with E-state index in [1.165, 1.54) is 0 Å². The fourth-order valence-corrected chi connectivity index (χ4v) is 2.32. The Kier molecular flexibility index (Phi) is 5.17. The third kappa shape index (κ3) is 4.31. The predicted molar refractivity (Wildman–Crippen MR) is 67.9 cm³/mol. The highest BCUT2D eigenvalue weighted by molar-refractivity contribution is 5.82. The van der Waals surface area contributed by atoms with E-state index in [1.54, 1.807) is 6.92 Å². The van der Waals surface area contributed by atoms with Gasteiger partial charge in [-0.15, -0.1) is 0 Å². The average molecular weight is 256 g/mol. The third-order valence-corrected chi connectivity index (χ3v) is 3.06. The topological polar surface area (TPSA) is 52.6 Å². The molecule has 0 spiro atoms. The largest absolute Gasteiger partial charge is 0.466 e. The Balaban J connectivity index is 2.70. The van der Waals surface area contributed by atoms with Crippen molar-refractivity contribution in [1.29, 1.82) is 0 Å². The fourth-order valence-electron chi connectivity index (χ4n) is 2.32. The van der Waals surface area contributed by atoms with Gasteiger partial charge in [-0.05, 0) is 40.5 Å². The van der Waals surface area contributed by atoms with Crippen molar-refractivity contribution in [1.82, 2.24) is 0 Å². The van der Waals surface area contributed by atoms with Crippen LogP contribution in [0.3, 0.4) is 0 Å². The smallest absolute Gasteiger partial charge is 0.310 e. The van der Waals surface area contributed by atoms with Crippen LogP contribution < -0.4 is 0 Å². The molecule has 4 nitrogen and oxygen atoms in total. The molecule has 2 atom stereocenters. The molecule has 0 radical (unpaired) electrons. The standard InChI is InChI=1S/C14H24O4/c1-5-17-12(15)10-8-6-7-9-11(10)13(16)18-14(2,3)4/h10-11H,5-9H2,1-4H3/t10-,11+/m0/s1. The van der Waals surface area contributed by atoms with Gasteiger partial charge >= 0.3 is 11.9 Å². The number of hydrogen-bond acceptors (Lipinski definition) is 4. The molecule has 0 aromatic heterocycles. The highest BCUT2D eigenvalue weighted by Crippen LogP contribution is 2.33. The fraction of sp³-hybridized carbons (Fsp3) is 0.857. The first-order chi connectivity index (χ1) is 8.35. The summed E-state index contributed by atoms with van der Waals surface area (Å²) in [6, 6.07) is 0. The molecule has 0 amide bonds. The van der Waals surface area contributed by atoms with Gasteiger partial charge in [0.2, 0.25) is 0 Å². The van der Waals surface area contributed by atoms with Gasteiger partial charge in [0.05, 0.1) is 18.4 Å². The van der Waals surface area contributed by atoms with E-state index >= 15 is 0 Å². The summed E-state index contributed by atoms with van der Waals surface area (Å²) in [6.07, 6.45) is 3.39. The first-order valence-corrected chi connectivity index (χ1v) is 6.74. The Morgan fingerprint density at radius 1 is 1.06 bits per heavy atom. The molecule has 0 bridgehead atoms. The Morgan fingerprint density at radius 2 is 1.56 bits per heavy atom. The lowest BCUT2D eigenvalue weighted by molar-refractivity contribution is -0.170. The minimum atomic E-state index is -0.506. The van der Waals surface area contributed by atoms with Crippen LogP contribution in [0.5, 0.6) is 0 Å². The van der Waals surface area contributed by atoms with Crippen LogP contribution in [0, 0.1) is 11.8 Å². The minimum absolute atomic E-state index is 0.256. The van der Waals surface area contributed by atoms with E-state index in [-0.39, 0.29) is 23.8 Å². The second-order valence-corrected chi connectivity index (χ2v) is 5.78. The van der Waals surface area contributed by atoms with Crippen molar-refractivity contribution < 1.29 is 19.1 Å². The van der Waals surface area contributed by atoms with Crippen molar-refractivity contribution >= 4 is 11.9 Å². The van der Waals surface area contributed by atoms with Gasteiger partial charge in [-0.25, -0.2) is 0 Å². The summed E-state index contributed by atoms with van der Waals surface area (Å²) in [7, 11) is 0. The van der Waals surface area contributed by atoms with Crippen molar-refractivity contribution in [3.05, 3.63) is 0 Å². The van der Waals surface area contributed by atoms with E-state index in [9.17, 15) is 9.59 Å². The van der Waals surface area contributed by atoms with E-state index in [2.05, 4.69) is 0 Å². The second-order valence-electron chi connectivity index (χ2n) is 5.78. The minimum Gasteiger partial charge on any atom is -0.466 e. The van der Waals surface area contributed by atoms with Crippen molar-refractivity contribution in [2.45, 2.75) is 59.0 Å². The quantitative estimate of drug-likeness (QED) is 0.728. The monoisotopic (exact) mass is 256 g/mol. The van der Waals surface area contributed by atoms with Crippen molar-refractivity contribution in [3.63, 3.8) is 0 Å². The number of ether oxygens (including phenoxy) is 2. The van der Waals surface area contributed by atoms with Crippen molar-refractivity contribution in [2.24, 2.45) is 11.8 Å². The number of esters is 2. The van der Waals surface area contributed by atoms with Crippen LogP contribution in [0.1, 0.15) is 53.4 Å². The molecule has 0 aromatic carbocycles. The molecule has 1 rings (SSSR count). The lowest BCUT2D eigenvalue weighted by Crippen LogP contribution is -2.38. The zero-order chi connectivity index (χ0) is 13.8. The van der Waals surface area contributed by atoms with E-state index < -0.39 is 5.60 Å². The lowest BCUT2D eigenvalue weighted by atomic mass is 9.79. The number of carbonyl (C=O) groups is 2. The highest BCUT2D eigenvalue weighted by atomic mass is 16.6. The maximum Gasteiger partial charge on any atom is 0.310 e. The molecule has 0 N–H and O–H groups in total. The van der Waals surface area contributed by atoms with Gasteiger partial charge < -0.3 is 9.47 Å². The van der Waals surface area contributed by atoms with Gasteiger partial charge in [0.15, 0.2) is 0 Å². The normalized spacial score (nSPS) is 24.4. The molecule has 1 saturated carbocycles. The first-order valence-electron chi connectivity index (χ1n) is 6.74. The molecule has 0 unspecified atom stereocenters. The predicted octanol–water partition coefficient (Wildman–Crippen LogP) is 2.70. The molecule has 104 valence electrons. The van der Waals surface area contributed by atoms with Crippen LogP contribution in [0.15, 0.2) is 0 Å². The summed E-state index contributed by atoms with van der Waals surface area (Å²) < 4.78 is 10.4. The molecule has 1 fully saturated rings. The van der Waals surface area contributed by atoms with Crippen LogP contribution in [0.25, 0.3) is 0 Å². The SMILES string of the molecule is CCOC(=O)[C@H]1CCCC[C@H]1C(=O)OC(C)(C)C. The van der Waals surface area contributed by atoms with Gasteiger partial charge in [0.1, 0.15) is 5.60 Å². The molecular weight excluding hydrogens is 232 g/mol.